The van der Waals surface area contributed by atoms with Crippen LogP contribution in [0.15, 0.2) is 18.2 Å². The van der Waals surface area contributed by atoms with Gasteiger partial charge in [0.15, 0.2) is 6.61 Å². The molecule has 4 nitrogen and oxygen atoms in total. The second kappa shape index (κ2) is 8.67. The average Bonchev–Trinajstić information content (AvgIpc) is 2.44. The maximum Gasteiger partial charge on any atom is 0.258 e. The van der Waals surface area contributed by atoms with E-state index in [1.807, 2.05) is 26.0 Å². The van der Waals surface area contributed by atoms with Crippen LogP contribution in [0.25, 0.3) is 0 Å². The molecule has 2 N–H and O–H groups in total. The van der Waals surface area contributed by atoms with E-state index in [0.717, 1.165) is 23.3 Å². The van der Waals surface area contributed by atoms with Crippen LogP contribution in [0.2, 0.25) is 0 Å². The first kappa shape index (κ1) is 17.5. The zero-order valence-electron chi connectivity index (χ0n) is 13.5. The number of aliphatic hydroxyl groups excluding tert-OH is 1. The standard InChI is InChI=1S/C17H27NO3/c1-5-14(8-9-19)18-17(20)11-21-16-10-13(4)6-7-15(16)12(2)3/h6-7,10,12,14,19H,5,8-9,11H2,1-4H3,(H,18,20). The van der Waals surface area contributed by atoms with E-state index < -0.39 is 0 Å². The van der Waals surface area contributed by atoms with Gasteiger partial charge in [-0.05, 0) is 42.9 Å². The molecule has 0 aliphatic heterocycles. The van der Waals surface area contributed by atoms with Crippen molar-refractivity contribution in [3.63, 3.8) is 0 Å². The van der Waals surface area contributed by atoms with Gasteiger partial charge in [-0.1, -0.05) is 32.9 Å². The Morgan fingerprint density at radius 3 is 2.67 bits per heavy atom. The van der Waals surface area contributed by atoms with Gasteiger partial charge in [-0.15, -0.1) is 0 Å². The van der Waals surface area contributed by atoms with Crippen molar-refractivity contribution in [2.24, 2.45) is 0 Å². The molecule has 4 heteroatoms. The van der Waals surface area contributed by atoms with Gasteiger partial charge in [0.05, 0.1) is 0 Å². The van der Waals surface area contributed by atoms with Crippen LogP contribution in [-0.4, -0.2) is 30.3 Å². The van der Waals surface area contributed by atoms with Crippen LogP contribution in [0.1, 0.15) is 50.7 Å². The molecular formula is C17H27NO3. The molecule has 0 aliphatic carbocycles. The van der Waals surface area contributed by atoms with Crippen molar-refractivity contribution in [3.05, 3.63) is 29.3 Å². The molecule has 0 bridgehead atoms. The summed E-state index contributed by atoms with van der Waals surface area (Å²) in [7, 11) is 0. The van der Waals surface area contributed by atoms with Gasteiger partial charge < -0.3 is 15.2 Å². The van der Waals surface area contributed by atoms with E-state index >= 15 is 0 Å². The highest BCUT2D eigenvalue weighted by Gasteiger charge is 2.13. The summed E-state index contributed by atoms with van der Waals surface area (Å²) in [5.41, 5.74) is 2.22. The number of aryl methyl sites for hydroxylation is 1. The van der Waals surface area contributed by atoms with Gasteiger partial charge in [0.1, 0.15) is 5.75 Å². The Hall–Kier alpha value is -1.55. The van der Waals surface area contributed by atoms with Crippen LogP contribution >= 0.6 is 0 Å². The molecule has 1 atom stereocenters. The fourth-order valence-electron chi connectivity index (χ4n) is 2.19. The molecule has 0 saturated heterocycles. The van der Waals surface area contributed by atoms with E-state index in [0.29, 0.717) is 12.3 Å². The summed E-state index contributed by atoms with van der Waals surface area (Å²) in [4.78, 5) is 11.9. The zero-order chi connectivity index (χ0) is 15.8. The molecule has 1 aromatic rings. The minimum Gasteiger partial charge on any atom is -0.483 e. The number of aliphatic hydroxyl groups is 1. The summed E-state index contributed by atoms with van der Waals surface area (Å²) >= 11 is 0. The summed E-state index contributed by atoms with van der Waals surface area (Å²) in [5.74, 6) is 0.975. The number of carbonyl (C=O) groups is 1. The number of amides is 1. The Bertz CT molecular complexity index is 457. The van der Waals surface area contributed by atoms with Crippen LogP contribution in [0, 0.1) is 6.92 Å². The molecule has 118 valence electrons. The van der Waals surface area contributed by atoms with E-state index in [2.05, 4.69) is 25.2 Å². The van der Waals surface area contributed by atoms with Crippen molar-refractivity contribution in [2.75, 3.05) is 13.2 Å². The number of rotatable bonds is 8. The van der Waals surface area contributed by atoms with Crippen LogP contribution in [0.5, 0.6) is 5.75 Å². The molecule has 0 heterocycles. The molecule has 0 aromatic heterocycles. The van der Waals surface area contributed by atoms with Crippen molar-refractivity contribution in [3.8, 4) is 5.75 Å². The van der Waals surface area contributed by atoms with E-state index in [1.54, 1.807) is 0 Å². The lowest BCUT2D eigenvalue weighted by atomic mass is 10.0. The highest BCUT2D eigenvalue weighted by molar-refractivity contribution is 5.77. The minimum atomic E-state index is -0.147. The summed E-state index contributed by atoms with van der Waals surface area (Å²) in [6, 6.07) is 6.08. The molecule has 0 spiro atoms. The first-order valence-electron chi connectivity index (χ1n) is 7.61. The fraction of sp³-hybridized carbons (Fsp3) is 0.588. The van der Waals surface area contributed by atoms with Crippen LogP contribution < -0.4 is 10.1 Å². The second-order valence-corrected chi connectivity index (χ2v) is 5.67. The molecule has 0 fully saturated rings. The highest BCUT2D eigenvalue weighted by Crippen LogP contribution is 2.27. The van der Waals surface area contributed by atoms with Crippen LogP contribution in [-0.2, 0) is 4.79 Å². The molecule has 1 rings (SSSR count). The monoisotopic (exact) mass is 293 g/mol. The van der Waals surface area contributed by atoms with Crippen LogP contribution in [0.3, 0.4) is 0 Å². The van der Waals surface area contributed by atoms with Crippen molar-refractivity contribution < 1.29 is 14.6 Å². The SMILES string of the molecule is CCC(CCO)NC(=O)COc1cc(C)ccc1C(C)C. The quantitative estimate of drug-likeness (QED) is 0.775. The molecule has 1 aromatic carbocycles. The molecule has 0 radical (unpaired) electrons. The van der Waals surface area contributed by atoms with Gasteiger partial charge in [0.2, 0.25) is 0 Å². The first-order chi connectivity index (χ1) is 9.97. The Labute approximate surface area is 127 Å². The van der Waals surface area contributed by atoms with E-state index in [9.17, 15) is 4.79 Å². The van der Waals surface area contributed by atoms with Gasteiger partial charge in [-0.2, -0.15) is 0 Å². The Morgan fingerprint density at radius 2 is 2.10 bits per heavy atom. The van der Waals surface area contributed by atoms with Gasteiger partial charge >= 0.3 is 0 Å². The Kier molecular flexibility index (Phi) is 7.23. The van der Waals surface area contributed by atoms with E-state index in [1.165, 1.54) is 0 Å². The molecule has 1 amide bonds. The number of nitrogens with one attached hydrogen (secondary N) is 1. The smallest absolute Gasteiger partial charge is 0.258 e. The molecule has 0 saturated carbocycles. The van der Waals surface area contributed by atoms with E-state index in [-0.39, 0.29) is 25.2 Å². The van der Waals surface area contributed by atoms with Crippen molar-refractivity contribution in [1.82, 2.24) is 5.32 Å². The summed E-state index contributed by atoms with van der Waals surface area (Å²) in [6.45, 7) is 8.28. The van der Waals surface area contributed by atoms with Gasteiger partial charge in [0.25, 0.3) is 5.91 Å². The Balaban J connectivity index is 2.62. The number of hydrogen-bond donors (Lipinski definition) is 2. The maximum absolute atomic E-state index is 11.9. The number of benzene rings is 1. The van der Waals surface area contributed by atoms with Crippen molar-refractivity contribution >= 4 is 5.91 Å². The predicted molar refractivity (Wildman–Crippen MR) is 84.7 cm³/mol. The third kappa shape index (κ3) is 5.76. The van der Waals surface area contributed by atoms with Gasteiger partial charge in [-0.3, -0.25) is 4.79 Å². The van der Waals surface area contributed by atoms with Crippen molar-refractivity contribution in [1.29, 1.82) is 0 Å². The summed E-state index contributed by atoms with van der Waals surface area (Å²) in [5, 5.41) is 11.8. The molecular weight excluding hydrogens is 266 g/mol. The number of ether oxygens (including phenoxy) is 1. The van der Waals surface area contributed by atoms with Crippen molar-refractivity contribution in [2.45, 2.75) is 52.5 Å². The van der Waals surface area contributed by atoms with E-state index in [4.69, 9.17) is 9.84 Å². The minimum absolute atomic E-state index is 0.00506. The average molecular weight is 293 g/mol. The normalized spacial score (nSPS) is 12.3. The lowest BCUT2D eigenvalue weighted by Crippen LogP contribution is -2.38. The maximum atomic E-state index is 11.9. The second-order valence-electron chi connectivity index (χ2n) is 5.67. The Morgan fingerprint density at radius 1 is 1.38 bits per heavy atom. The van der Waals surface area contributed by atoms with Crippen LogP contribution in [0.4, 0.5) is 0 Å². The third-order valence-corrected chi connectivity index (χ3v) is 3.49. The lowest BCUT2D eigenvalue weighted by Gasteiger charge is -2.18. The lowest BCUT2D eigenvalue weighted by molar-refractivity contribution is -0.123. The number of carbonyl (C=O) groups excluding carboxylic acids is 1. The topological polar surface area (TPSA) is 58.6 Å². The fourth-order valence-corrected chi connectivity index (χ4v) is 2.19. The molecule has 1 unspecified atom stereocenters. The zero-order valence-corrected chi connectivity index (χ0v) is 13.5. The first-order valence-corrected chi connectivity index (χ1v) is 7.61. The summed E-state index contributed by atoms with van der Waals surface area (Å²) in [6.07, 6.45) is 1.37. The summed E-state index contributed by atoms with van der Waals surface area (Å²) < 4.78 is 5.69. The van der Waals surface area contributed by atoms with Gasteiger partial charge in [-0.25, -0.2) is 0 Å². The van der Waals surface area contributed by atoms with Gasteiger partial charge in [0, 0.05) is 12.6 Å². The molecule has 0 aliphatic rings. The number of hydrogen-bond acceptors (Lipinski definition) is 3. The largest absolute Gasteiger partial charge is 0.483 e. The highest BCUT2D eigenvalue weighted by atomic mass is 16.5. The third-order valence-electron chi connectivity index (χ3n) is 3.49. The predicted octanol–water partition coefficient (Wildman–Crippen LogP) is 2.77. The molecule has 21 heavy (non-hydrogen) atoms.